The number of carbonyl (C=O) groups is 1. The molecule has 0 N–H and O–H groups in total. The zero-order valence-corrected chi connectivity index (χ0v) is 13.5. The summed E-state index contributed by atoms with van der Waals surface area (Å²) in [5.74, 6) is 0.912. The number of benzene rings is 2. The zero-order valence-electron chi connectivity index (χ0n) is 12.7. The molecule has 4 aromatic rings. The monoisotopic (exact) mass is 337 g/mol. The number of hydrogen-bond acceptors (Lipinski definition) is 4. The summed E-state index contributed by atoms with van der Waals surface area (Å²) >= 11 is 6.17. The number of furan rings is 1. The van der Waals surface area contributed by atoms with Crippen LogP contribution in [-0.2, 0) is 0 Å². The Morgan fingerprint density at radius 2 is 1.88 bits per heavy atom. The molecule has 0 bridgehead atoms. The van der Waals surface area contributed by atoms with E-state index in [9.17, 15) is 4.79 Å². The van der Waals surface area contributed by atoms with Crippen molar-refractivity contribution in [3.63, 3.8) is 0 Å². The first-order valence-corrected chi connectivity index (χ1v) is 7.71. The van der Waals surface area contributed by atoms with Crippen LogP contribution in [-0.4, -0.2) is 21.3 Å². The first-order chi connectivity index (χ1) is 11.6. The fourth-order valence-electron chi connectivity index (χ4n) is 2.46. The molecule has 2 heterocycles. The molecule has 0 fully saturated rings. The van der Waals surface area contributed by atoms with Gasteiger partial charge in [-0.3, -0.25) is 4.79 Å². The van der Waals surface area contributed by atoms with E-state index in [1.54, 1.807) is 16.9 Å². The Hall–Kier alpha value is -2.92. The summed E-state index contributed by atoms with van der Waals surface area (Å²) in [4.78, 5) is 12.3. The summed E-state index contributed by atoms with van der Waals surface area (Å²) in [5.41, 5.74) is 4.13. The van der Waals surface area contributed by atoms with Gasteiger partial charge in [-0.1, -0.05) is 17.7 Å². The second-order valence-electron chi connectivity index (χ2n) is 5.45. The third kappa shape index (κ3) is 2.49. The topological polar surface area (TPSA) is 60.9 Å². The van der Waals surface area contributed by atoms with Gasteiger partial charge >= 0.3 is 0 Å². The van der Waals surface area contributed by atoms with E-state index < -0.39 is 0 Å². The molecule has 118 valence electrons. The molecule has 24 heavy (non-hydrogen) atoms. The van der Waals surface area contributed by atoms with E-state index in [4.69, 9.17) is 16.0 Å². The van der Waals surface area contributed by atoms with Crippen LogP contribution >= 0.6 is 11.6 Å². The van der Waals surface area contributed by atoms with Crippen LogP contribution in [0.4, 0.5) is 0 Å². The molecular formula is C18H12ClN3O2. The van der Waals surface area contributed by atoms with E-state index in [2.05, 4.69) is 10.2 Å². The standard InChI is InChI=1S/C18H12ClN3O2/c1-11-2-4-13(9-15(11)19)22-20-16-6-3-12(8-17(16)21-22)18-7-5-14(10-23)24-18/h2-10H,1H3. The van der Waals surface area contributed by atoms with Gasteiger partial charge in [0.2, 0.25) is 0 Å². The Kier molecular flexibility index (Phi) is 3.43. The Morgan fingerprint density at radius 3 is 2.62 bits per heavy atom. The molecule has 4 rings (SSSR count). The van der Waals surface area contributed by atoms with Crippen LogP contribution in [0.3, 0.4) is 0 Å². The molecule has 0 aliphatic carbocycles. The van der Waals surface area contributed by atoms with Crippen LogP contribution in [0.25, 0.3) is 28.0 Å². The summed E-state index contributed by atoms with van der Waals surface area (Å²) in [6.45, 7) is 1.95. The molecule has 5 nitrogen and oxygen atoms in total. The number of rotatable bonds is 3. The van der Waals surface area contributed by atoms with E-state index in [1.165, 1.54) is 0 Å². The fraction of sp³-hybridized carbons (Fsp3) is 0.0556. The van der Waals surface area contributed by atoms with Gasteiger partial charge in [0.1, 0.15) is 16.8 Å². The Bertz CT molecular complexity index is 1070. The van der Waals surface area contributed by atoms with Gasteiger partial charge in [0, 0.05) is 10.6 Å². The maximum atomic E-state index is 10.7. The minimum atomic E-state index is 0.294. The van der Waals surface area contributed by atoms with E-state index in [1.807, 2.05) is 43.3 Å². The van der Waals surface area contributed by atoms with Crippen LogP contribution in [0.1, 0.15) is 16.1 Å². The minimum absolute atomic E-state index is 0.294. The molecule has 6 heteroatoms. The summed E-state index contributed by atoms with van der Waals surface area (Å²) in [6, 6.07) is 14.7. The van der Waals surface area contributed by atoms with E-state index in [0.29, 0.717) is 22.8 Å². The number of fused-ring (bicyclic) bond motifs is 1. The Balaban J connectivity index is 1.78. The summed E-state index contributed by atoms with van der Waals surface area (Å²) in [6.07, 6.45) is 0.680. The van der Waals surface area contributed by atoms with Crippen molar-refractivity contribution in [1.29, 1.82) is 0 Å². The quantitative estimate of drug-likeness (QED) is 0.518. The Morgan fingerprint density at radius 1 is 1.04 bits per heavy atom. The van der Waals surface area contributed by atoms with Crippen LogP contribution in [0.2, 0.25) is 5.02 Å². The van der Waals surface area contributed by atoms with Crippen molar-refractivity contribution in [2.45, 2.75) is 6.92 Å². The highest BCUT2D eigenvalue weighted by atomic mass is 35.5. The maximum Gasteiger partial charge on any atom is 0.185 e. The highest BCUT2D eigenvalue weighted by Crippen LogP contribution is 2.25. The van der Waals surface area contributed by atoms with Gasteiger partial charge in [-0.15, -0.1) is 10.2 Å². The Labute approximate surface area is 142 Å². The second kappa shape index (κ2) is 5.62. The van der Waals surface area contributed by atoms with Gasteiger partial charge < -0.3 is 4.42 Å². The molecule has 2 aromatic carbocycles. The lowest BCUT2D eigenvalue weighted by atomic mass is 10.1. The van der Waals surface area contributed by atoms with Gasteiger partial charge in [-0.05, 0) is 55.0 Å². The van der Waals surface area contributed by atoms with Gasteiger partial charge in [-0.2, -0.15) is 4.80 Å². The van der Waals surface area contributed by atoms with Crippen molar-refractivity contribution in [3.8, 4) is 17.0 Å². The first kappa shape index (κ1) is 14.7. The molecule has 0 saturated carbocycles. The molecule has 0 saturated heterocycles. The van der Waals surface area contributed by atoms with Crippen LogP contribution < -0.4 is 0 Å². The lowest BCUT2D eigenvalue weighted by Gasteiger charge is -2.01. The van der Waals surface area contributed by atoms with Crippen LogP contribution in [0.5, 0.6) is 0 Å². The molecule has 2 aromatic heterocycles. The molecule has 0 aliphatic rings. The first-order valence-electron chi connectivity index (χ1n) is 7.33. The highest BCUT2D eigenvalue weighted by Gasteiger charge is 2.10. The molecular weight excluding hydrogens is 326 g/mol. The lowest BCUT2D eigenvalue weighted by Crippen LogP contribution is -1.98. The highest BCUT2D eigenvalue weighted by molar-refractivity contribution is 6.31. The number of aldehydes is 1. The number of carbonyl (C=O) groups excluding carboxylic acids is 1. The fourth-order valence-corrected chi connectivity index (χ4v) is 2.64. The van der Waals surface area contributed by atoms with Crippen molar-refractivity contribution in [1.82, 2.24) is 15.0 Å². The van der Waals surface area contributed by atoms with Gasteiger partial charge in [0.15, 0.2) is 12.0 Å². The van der Waals surface area contributed by atoms with Crippen LogP contribution in [0, 0.1) is 6.92 Å². The number of aromatic nitrogens is 3. The molecule has 0 amide bonds. The van der Waals surface area contributed by atoms with Crippen LogP contribution in [0.15, 0.2) is 52.9 Å². The van der Waals surface area contributed by atoms with Crippen molar-refractivity contribution < 1.29 is 9.21 Å². The number of hydrogen-bond donors (Lipinski definition) is 0. The van der Waals surface area contributed by atoms with Crippen molar-refractivity contribution >= 4 is 28.9 Å². The molecule has 0 unspecified atom stereocenters. The average molecular weight is 338 g/mol. The maximum absolute atomic E-state index is 10.7. The molecule has 0 spiro atoms. The van der Waals surface area contributed by atoms with Crippen molar-refractivity contribution in [2.24, 2.45) is 0 Å². The third-order valence-electron chi connectivity index (χ3n) is 3.79. The molecule has 0 atom stereocenters. The van der Waals surface area contributed by atoms with E-state index in [0.717, 1.165) is 27.8 Å². The van der Waals surface area contributed by atoms with Crippen molar-refractivity contribution in [2.75, 3.05) is 0 Å². The normalized spacial score (nSPS) is 11.1. The second-order valence-corrected chi connectivity index (χ2v) is 5.85. The van der Waals surface area contributed by atoms with E-state index in [-0.39, 0.29) is 0 Å². The average Bonchev–Trinajstić information content (AvgIpc) is 3.22. The molecule has 0 aliphatic heterocycles. The van der Waals surface area contributed by atoms with Gasteiger partial charge in [-0.25, -0.2) is 0 Å². The predicted octanol–water partition coefficient (Wildman–Crippen LogP) is 4.45. The SMILES string of the molecule is Cc1ccc(-n2nc3ccc(-c4ccc(C=O)o4)cc3n2)cc1Cl. The predicted molar refractivity (Wildman–Crippen MR) is 91.7 cm³/mol. The number of halogens is 1. The van der Waals surface area contributed by atoms with E-state index >= 15 is 0 Å². The summed E-state index contributed by atoms with van der Waals surface area (Å²) in [5, 5.41) is 9.65. The van der Waals surface area contributed by atoms with Gasteiger partial charge in [0.25, 0.3) is 0 Å². The lowest BCUT2D eigenvalue weighted by molar-refractivity contribution is 0.110. The molecule has 0 radical (unpaired) electrons. The van der Waals surface area contributed by atoms with Gasteiger partial charge in [0.05, 0.1) is 5.69 Å². The summed E-state index contributed by atoms with van der Waals surface area (Å²) < 4.78 is 5.45. The number of nitrogens with zero attached hydrogens (tertiary/aromatic N) is 3. The van der Waals surface area contributed by atoms with Crippen molar-refractivity contribution in [3.05, 3.63) is 64.9 Å². The largest absolute Gasteiger partial charge is 0.453 e. The number of aryl methyl sites for hydroxylation is 1. The minimum Gasteiger partial charge on any atom is -0.453 e. The third-order valence-corrected chi connectivity index (χ3v) is 4.20. The summed E-state index contributed by atoms with van der Waals surface area (Å²) in [7, 11) is 0. The smallest absolute Gasteiger partial charge is 0.185 e. The zero-order chi connectivity index (χ0) is 16.7.